The molecule has 2 aromatic rings. The van der Waals surface area contributed by atoms with E-state index in [0.717, 1.165) is 30.5 Å². The van der Waals surface area contributed by atoms with Gasteiger partial charge in [-0.05, 0) is 35.6 Å². The maximum absolute atomic E-state index is 12.1. The van der Waals surface area contributed by atoms with E-state index in [1.165, 1.54) is 7.11 Å². The first-order valence-electron chi connectivity index (χ1n) is 9.82. The number of fused-ring (bicyclic) bond motifs is 1. The summed E-state index contributed by atoms with van der Waals surface area (Å²) in [5.41, 5.74) is 2.17. The lowest BCUT2D eigenvalue weighted by molar-refractivity contribution is -0.142. The van der Waals surface area contributed by atoms with Gasteiger partial charge in [-0.1, -0.05) is 19.0 Å². The van der Waals surface area contributed by atoms with Crippen molar-refractivity contribution < 1.29 is 23.5 Å². The molecule has 8 nitrogen and oxygen atoms in total. The molecule has 0 N–H and O–H groups in total. The van der Waals surface area contributed by atoms with Crippen LogP contribution in [0, 0.1) is 5.92 Å². The molecular weight excluding hydrogens is 374 g/mol. The van der Waals surface area contributed by atoms with Crippen LogP contribution in [0.1, 0.15) is 49.2 Å². The minimum Gasteiger partial charge on any atom is -0.493 e. The van der Waals surface area contributed by atoms with Gasteiger partial charge in [0.25, 0.3) is 0 Å². The topological polar surface area (TPSA) is 86.9 Å². The fourth-order valence-electron chi connectivity index (χ4n) is 3.72. The van der Waals surface area contributed by atoms with Crippen LogP contribution in [-0.4, -0.2) is 48.9 Å². The number of hydrogen-bond acceptors (Lipinski definition) is 8. The number of aromatic nitrogens is 2. The van der Waals surface area contributed by atoms with E-state index in [4.69, 9.17) is 18.7 Å². The number of hydrogen-bond donors (Lipinski definition) is 0. The molecule has 0 bridgehead atoms. The Morgan fingerprint density at radius 2 is 1.97 bits per heavy atom. The molecule has 158 valence electrons. The summed E-state index contributed by atoms with van der Waals surface area (Å²) in [6.07, 6.45) is 1.80. The summed E-state index contributed by atoms with van der Waals surface area (Å²) in [5, 5.41) is 4.13. The highest BCUT2D eigenvalue weighted by Gasteiger charge is 2.32. The van der Waals surface area contributed by atoms with Gasteiger partial charge in [-0.3, -0.25) is 9.69 Å². The monoisotopic (exact) mass is 403 g/mol. The second-order valence-electron chi connectivity index (χ2n) is 7.62. The largest absolute Gasteiger partial charge is 0.493 e. The molecule has 2 heterocycles. The highest BCUT2D eigenvalue weighted by atomic mass is 16.5. The van der Waals surface area contributed by atoms with Crippen molar-refractivity contribution in [3.63, 3.8) is 0 Å². The maximum atomic E-state index is 12.1. The Balaban J connectivity index is 1.89. The van der Waals surface area contributed by atoms with Crippen molar-refractivity contribution in [3.05, 3.63) is 35.0 Å². The van der Waals surface area contributed by atoms with Gasteiger partial charge in [0, 0.05) is 19.0 Å². The third-order valence-electron chi connectivity index (χ3n) is 5.14. The Morgan fingerprint density at radius 1 is 1.24 bits per heavy atom. The Hall–Kier alpha value is -2.61. The SMILES string of the molecule is COC(=O)C[C@@H]1c2cc(OC)c(OC)cc2CCN1Cc1noc(CC(C)C)n1. The highest BCUT2D eigenvalue weighted by Crippen LogP contribution is 2.40. The minimum absolute atomic E-state index is 0.168. The first-order valence-corrected chi connectivity index (χ1v) is 9.82. The lowest BCUT2D eigenvalue weighted by Gasteiger charge is -2.36. The predicted molar refractivity (Wildman–Crippen MR) is 106 cm³/mol. The molecule has 0 fully saturated rings. The molecule has 0 radical (unpaired) electrons. The van der Waals surface area contributed by atoms with Gasteiger partial charge >= 0.3 is 5.97 Å². The van der Waals surface area contributed by atoms with E-state index < -0.39 is 0 Å². The fraction of sp³-hybridized carbons (Fsp3) is 0.571. The van der Waals surface area contributed by atoms with Crippen LogP contribution < -0.4 is 9.47 Å². The lowest BCUT2D eigenvalue weighted by atomic mass is 9.90. The van der Waals surface area contributed by atoms with Gasteiger partial charge in [-0.15, -0.1) is 0 Å². The van der Waals surface area contributed by atoms with Gasteiger partial charge in [-0.2, -0.15) is 4.98 Å². The van der Waals surface area contributed by atoms with Crippen LogP contribution in [0.2, 0.25) is 0 Å². The standard InChI is InChI=1S/C21H29N3O5/c1-13(2)8-20-22-19(23-29-20)12-24-7-6-14-9-17(26-3)18(27-4)10-15(14)16(24)11-21(25)28-5/h9-10,13,16H,6-8,11-12H2,1-5H3/t16-/m1/s1. The normalized spacial score (nSPS) is 16.6. The summed E-state index contributed by atoms with van der Waals surface area (Å²) in [4.78, 5) is 18.8. The van der Waals surface area contributed by atoms with Crippen LogP contribution in [0.4, 0.5) is 0 Å². The summed E-state index contributed by atoms with van der Waals surface area (Å²) in [7, 11) is 4.63. The second-order valence-corrected chi connectivity index (χ2v) is 7.62. The molecule has 0 aliphatic carbocycles. The highest BCUT2D eigenvalue weighted by molar-refractivity contribution is 5.70. The molecule has 0 saturated carbocycles. The Morgan fingerprint density at radius 3 is 2.62 bits per heavy atom. The summed E-state index contributed by atoms with van der Waals surface area (Å²) < 4.78 is 21.2. The van der Waals surface area contributed by atoms with Gasteiger partial charge in [0.2, 0.25) is 5.89 Å². The van der Waals surface area contributed by atoms with E-state index >= 15 is 0 Å². The number of esters is 1. The van der Waals surface area contributed by atoms with E-state index in [0.29, 0.717) is 35.7 Å². The van der Waals surface area contributed by atoms with E-state index in [1.807, 2.05) is 12.1 Å². The quantitative estimate of drug-likeness (QED) is 0.622. The zero-order chi connectivity index (χ0) is 21.0. The van der Waals surface area contributed by atoms with Gasteiger partial charge in [0.05, 0.1) is 34.3 Å². The molecular formula is C21H29N3O5. The average molecular weight is 403 g/mol. The number of methoxy groups -OCH3 is 3. The Labute approximate surface area is 171 Å². The third-order valence-corrected chi connectivity index (χ3v) is 5.14. The molecule has 3 rings (SSSR count). The van der Waals surface area contributed by atoms with Crippen LogP contribution in [0.3, 0.4) is 0 Å². The molecule has 8 heteroatoms. The summed E-state index contributed by atoms with van der Waals surface area (Å²) in [6, 6.07) is 3.78. The number of carbonyl (C=O) groups is 1. The van der Waals surface area contributed by atoms with Crippen LogP contribution >= 0.6 is 0 Å². The predicted octanol–water partition coefficient (Wildman–Crippen LogP) is 2.95. The van der Waals surface area contributed by atoms with Crippen molar-refractivity contribution in [2.45, 2.75) is 45.7 Å². The van der Waals surface area contributed by atoms with Gasteiger partial charge in [0.1, 0.15) is 0 Å². The molecule has 0 amide bonds. The van der Waals surface area contributed by atoms with Crippen molar-refractivity contribution in [1.29, 1.82) is 0 Å². The summed E-state index contributed by atoms with van der Waals surface area (Å²) in [5.74, 6) is 2.77. The number of nitrogens with zero attached hydrogens (tertiary/aromatic N) is 3. The molecule has 1 aliphatic rings. The second kappa shape index (κ2) is 9.26. The Bertz CT molecular complexity index is 849. The van der Waals surface area contributed by atoms with Crippen molar-refractivity contribution in [2.24, 2.45) is 5.92 Å². The zero-order valence-electron chi connectivity index (χ0n) is 17.7. The molecule has 29 heavy (non-hydrogen) atoms. The van der Waals surface area contributed by atoms with Crippen molar-refractivity contribution in [3.8, 4) is 11.5 Å². The molecule has 0 spiro atoms. The maximum Gasteiger partial charge on any atom is 0.307 e. The average Bonchev–Trinajstić information content (AvgIpc) is 3.14. The van der Waals surface area contributed by atoms with Crippen molar-refractivity contribution >= 4 is 5.97 Å². The number of benzene rings is 1. The van der Waals surface area contributed by atoms with Crippen LogP contribution in [0.5, 0.6) is 11.5 Å². The Kier molecular flexibility index (Phi) is 6.74. The van der Waals surface area contributed by atoms with Crippen LogP contribution in [-0.2, 0) is 28.9 Å². The summed E-state index contributed by atoms with van der Waals surface area (Å²) >= 11 is 0. The summed E-state index contributed by atoms with van der Waals surface area (Å²) in [6.45, 7) is 5.48. The molecule has 1 aromatic heterocycles. The van der Waals surface area contributed by atoms with E-state index in [-0.39, 0.29) is 18.4 Å². The first kappa shape index (κ1) is 21.1. The molecule has 0 saturated heterocycles. The van der Waals surface area contributed by atoms with Crippen molar-refractivity contribution in [1.82, 2.24) is 15.0 Å². The first-order chi connectivity index (χ1) is 13.9. The van der Waals surface area contributed by atoms with Gasteiger partial charge in [0.15, 0.2) is 17.3 Å². The molecule has 1 aromatic carbocycles. The van der Waals surface area contributed by atoms with Crippen LogP contribution in [0.25, 0.3) is 0 Å². The molecule has 1 atom stereocenters. The van der Waals surface area contributed by atoms with Gasteiger partial charge < -0.3 is 18.7 Å². The van der Waals surface area contributed by atoms with Crippen molar-refractivity contribution in [2.75, 3.05) is 27.9 Å². The molecule has 0 unspecified atom stereocenters. The van der Waals surface area contributed by atoms with E-state index in [9.17, 15) is 4.79 Å². The number of ether oxygens (including phenoxy) is 3. The van der Waals surface area contributed by atoms with Crippen LogP contribution in [0.15, 0.2) is 16.7 Å². The molecule has 1 aliphatic heterocycles. The van der Waals surface area contributed by atoms with Gasteiger partial charge in [-0.25, -0.2) is 0 Å². The smallest absolute Gasteiger partial charge is 0.307 e. The zero-order valence-corrected chi connectivity index (χ0v) is 17.7. The van der Waals surface area contributed by atoms with E-state index in [2.05, 4.69) is 28.9 Å². The number of rotatable bonds is 8. The third kappa shape index (κ3) is 4.87. The fourth-order valence-corrected chi connectivity index (χ4v) is 3.72. The number of carbonyl (C=O) groups excluding carboxylic acids is 1. The minimum atomic E-state index is -0.267. The lowest BCUT2D eigenvalue weighted by Crippen LogP contribution is -2.36. The van der Waals surface area contributed by atoms with E-state index in [1.54, 1.807) is 14.2 Å².